The number of nitrogens with one attached hydrogen (secondary N) is 2. The molecule has 0 aliphatic carbocycles. The lowest BCUT2D eigenvalue weighted by Gasteiger charge is -2.11. The van der Waals surface area contributed by atoms with Crippen molar-refractivity contribution in [3.05, 3.63) is 60.8 Å². The van der Waals surface area contributed by atoms with Crippen LogP contribution >= 0.6 is 0 Å². The summed E-state index contributed by atoms with van der Waals surface area (Å²) in [5.41, 5.74) is 1.11. The Labute approximate surface area is 195 Å². The van der Waals surface area contributed by atoms with Crippen molar-refractivity contribution in [1.29, 1.82) is 0 Å². The van der Waals surface area contributed by atoms with E-state index in [1.165, 1.54) is 19.2 Å². The normalized spacial score (nSPS) is 11.0. The van der Waals surface area contributed by atoms with E-state index < -0.39 is 10.0 Å². The van der Waals surface area contributed by atoms with Gasteiger partial charge < -0.3 is 23.9 Å². The summed E-state index contributed by atoms with van der Waals surface area (Å²) in [4.78, 5) is 4.33. The zero-order valence-corrected chi connectivity index (χ0v) is 19.3. The number of nitrogens with zero attached hydrogens (tertiary/aromatic N) is 3. The molecule has 2 heterocycles. The summed E-state index contributed by atoms with van der Waals surface area (Å²) < 4.78 is 48.9. The van der Waals surface area contributed by atoms with Crippen LogP contribution in [0, 0.1) is 0 Å². The van der Waals surface area contributed by atoms with Crippen molar-refractivity contribution < 1.29 is 27.0 Å². The number of rotatable bonds is 9. The molecule has 0 saturated heterocycles. The van der Waals surface area contributed by atoms with Gasteiger partial charge in [-0.2, -0.15) is 0 Å². The van der Waals surface area contributed by atoms with E-state index in [0.29, 0.717) is 34.3 Å². The predicted molar refractivity (Wildman–Crippen MR) is 124 cm³/mol. The van der Waals surface area contributed by atoms with Gasteiger partial charge in [-0.05, 0) is 24.3 Å². The molecule has 0 amide bonds. The third kappa shape index (κ3) is 5.02. The number of hydrogen-bond donors (Lipinski definition) is 2. The zero-order valence-electron chi connectivity index (χ0n) is 18.5. The lowest BCUT2D eigenvalue weighted by molar-refractivity contribution is 0.395. The third-order valence-electron chi connectivity index (χ3n) is 4.65. The first-order valence-corrected chi connectivity index (χ1v) is 11.4. The van der Waals surface area contributed by atoms with Gasteiger partial charge in [0.1, 0.15) is 23.1 Å². The van der Waals surface area contributed by atoms with Crippen molar-refractivity contribution in [2.75, 3.05) is 31.4 Å². The SMILES string of the molecule is COc1cc(Nc2ncccc2-c2nnc(NS(=O)(=O)c3cccc(OC)c3)o2)cc(OC)c1. The van der Waals surface area contributed by atoms with E-state index in [0.717, 1.165) is 0 Å². The standard InChI is InChI=1S/C22H21N5O6S/c1-30-15-6-4-7-18(13-15)34(28,29)27-22-26-25-21(33-22)19-8-5-9-23-20(19)24-14-10-16(31-2)12-17(11-14)32-3/h4-13H,1-3H3,(H,23,24)(H,26,27). The smallest absolute Gasteiger partial charge is 0.330 e. The van der Waals surface area contributed by atoms with Crippen molar-refractivity contribution in [1.82, 2.24) is 15.2 Å². The van der Waals surface area contributed by atoms with E-state index in [4.69, 9.17) is 18.6 Å². The van der Waals surface area contributed by atoms with Gasteiger partial charge in [0, 0.05) is 36.1 Å². The number of aromatic nitrogens is 3. The summed E-state index contributed by atoms with van der Waals surface area (Å²) in [7, 11) is 0.581. The highest BCUT2D eigenvalue weighted by Crippen LogP contribution is 2.32. The lowest BCUT2D eigenvalue weighted by Crippen LogP contribution is -2.13. The van der Waals surface area contributed by atoms with Crippen LogP contribution in [0.4, 0.5) is 17.5 Å². The van der Waals surface area contributed by atoms with Gasteiger partial charge in [-0.1, -0.05) is 11.2 Å². The Bertz CT molecular complexity index is 1380. The highest BCUT2D eigenvalue weighted by molar-refractivity contribution is 7.92. The second-order valence-corrected chi connectivity index (χ2v) is 8.51. The molecule has 0 atom stereocenters. The van der Waals surface area contributed by atoms with Gasteiger partial charge in [0.25, 0.3) is 15.9 Å². The highest BCUT2D eigenvalue weighted by Gasteiger charge is 2.20. The number of methoxy groups -OCH3 is 3. The molecular formula is C22H21N5O6S. The third-order valence-corrected chi connectivity index (χ3v) is 5.97. The molecule has 0 fully saturated rings. The Balaban J connectivity index is 1.60. The van der Waals surface area contributed by atoms with Crippen LogP contribution in [0.5, 0.6) is 17.2 Å². The van der Waals surface area contributed by atoms with Crippen LogP contribution in [0.3, 0.4) is 0 Å². The van der Waals surface area contributed by atoms with Crippen LogP contribution in [0.1, 0.15) is 0 Å². The Morgan fingerprint density at radius 3 is 2.29 bits per heavy atom. The number of benzene rings is 2. The van der Waals surface area contributed by atoms with Crippen molar-refractivity contribution in [3.63, 3.8) is 0 Å². The van der Waals surface area contributed by atoms with Gasteiger partial charge in [0.15, 0.2) is 0 Å². The van der Waals surface area contributed by atoms with Crippen molar-refractivity contribution >= 4 is 27.5 Å². The molecule has 11 nitrogen and oxygen atoms in total. The van der Waals surface area contributed by atoms with Crippen molar-refractivity contribution in [3.8, 4) is 28.7 Å². The van der Waals surface area contributed by atoms with E-state index in [-0.39, 0.29) is 16.8 Å². The summed E-state index contributed by atoms with van der Waals surface area (Å²) in [6, 6.07) is 14.4. The molecule has 0 saturated carbocycles. The fourth-order valence-corrected chi connectivity index (χ4v) is 3.97. The molecule has 0 spiro atoms. The molecule has 2 N–H and O–H groups in total. The summed E-state index contributed by atoms with van der Waals surface area (Å²) in [5, 5.41) is 11.0. The minimum absolute atomic E-state index is 0.0118. The Hall–Kier alpha value is -4.32. The van der Waals surface area contributed by atoms with Crippen LogP contribution in [0.25, 0.3) is 11.5 Å². The van der Waals surface area contributed by atoms with Crippen molar-refractivity contribution in [2.45, 2.75) is 4.90 Å². The molecule has 2 aromatic heterocycles. The van der Waals surface area contributed by atoms with Gasteiger partial charge >= 0.3 is 6.01 Å². The molecule has 0 unspecified atom stereocenters. The largest absolute Gasteiger partial charge is 0.497 e. The quantitative estimate of drug-likeness (QED) is 0.362. The number of hydrogen-bond acceptors (Lipinski definition) is 10. The summed E-state index contributed by atoms with van der Waals surface area (Å²) in [6.07, 6.45) is 1.59. The fourth-order valence-electron chi connectivity index (χ4n) is 3.01. The van der Waals surface area contributed by atoms with Crippen molar-refractivity contribution in [2.24, 2.45) is 0 Å². The Morgan fingerprint density at radius 2 is 1.59 bits per heavy atom. The first-order chi connectivity index (χ1) is 16.4. The molecule has 2 aromatic carbocycles. The van der Waals surface area contributed by atoms with E-state index in [2.05, 4.69) is 25.2 Å². The van der Waals surface area contributed by atoms with E-state index in [1.54, 1.807) is 62.9 Å². The van der Waals surface area contributed by atoms with Gasteiger partial charge in [-0.15, -0.1) is 5.10 Å². The second kappa shape index (κ2) is 9.67. The topological polar surface area (TPSA) is 138 Å². The maximum absolute atomic E-state index is 12.7. The van der Waals surface area contributed by atoms with Gasteiger partial charge in [0.2, 0.25) is 0 Å². The molecule has 0 aliphatic rings. The molecule has 4 aromatic rings. The molecule has 34 heavy (non-hydrogen) atoms. The van der Waals surface area contributed by atoms with Gasteiger partial charge in [-0.25, -0.2) is 18.1 Å². The van der Waals surface area contributed by atoms with Crippen LogP contribution in [-0.2, 0) is 10.0 Å². The van der Waals surface area contributed by atoms with Crippen LogP contribution in [0.15, 0.2) is 70.1 Å². The lowest BCUT2D eigenvalue weighted by atomic mass is 10.2. The Kier molecular flexibility index (Phi) is 6.50. The molecule has 0 bridgehead atoms. The van der Waals surface area contributed by atoms with Gasteiger partial charge in [-0.3, -0.25) is 0 Å². The average molecular weight is 484 g/mol. The summed E-state index contributed by atoms with van der Waals surface area (Å²) in [6.45, 7) is 0. The summed E-state index contributed by atoms with van der Waals surface area (Å²) in [5.74, 6) is 2.05. The van der Waals surface area contributed by atoms with Gasteiger partial charge in [0.05, 0.1) is 31.8 Å². The summed E-state index contributed by atoms with van der Waals surface area (Å²) >= 11 is 0. The second-order valence-electron chi connectivity index (χ2n) is 6.82. The molecule has 12 heteroatoms. The fraction of sp³-hybridized carbons (Fsp3) is 0.136. The number of ether oxygens (including phenoxy) is 3. The molecule has 0 aliphatic heterocycles. The van der Waals surface area contributed by atoms with Crippen LogP contribution < -0.4 is 24.2 Å². The number of pyridine rings is 1. The molecule has 0 radical (unpaired) electrons. The van der Waals surface area contributed by atoms with E-state index in [1.807, 2.05) is 0 Å². The molecule has 176 valence electrons. The molecule has 4 rings (SSSR count). The van der Waals surface area contributed by atoms with Crippen LogP contribution in [0.2, 0.25) is 0 Å². The maximum Gasteiger partial charge on any atom is 0.330 e. The predicted octanol–water partition coefficient (Wildman–Crippen LogP) is 3.70. The number of sulfonamides is 1. The minimum Gasteiger partial charge on any atom is -0.497 e. The zero-order chi connectivity index (χ0) is 24.1. The Morgan fingerprint density at radius 1 is 0.853 bits per heavy atom. The maximum atomic E-state index is 12.7. The highest BCUT2D eigenvalue weighted by atomic mass is 32.2. The first kappa shape index (κ1) is 22.9. The first-order valence-electron chi connectivity index (χ1n) is 9.87. The molecular weight excluding hydrogens is 462 g/mol. The monoisotopic (exact) mass is 483 g/mol. The number of anilines is 3. The minimum atomic E-state index is -3.97. The van der Waals surface area contributed by atoms with E-state index >= 15 is 0 Å². The average Bonchev–Trinajstić information content (AvgIpc) is 3.31. The van der Waals surface area contributed by atoms with Crippen LogP contribution in [-0.4, -0.2) is 44.9 Å². The van der Waals surface area contributed by atoms with E-state index in [9.17, 15) is 8.42 Å².